The van der Waals surface area contributed by atoms with Crippen LogP contribution < -0.4 is 21.3 Å². The number of nitrogens with one attached hydrogen (secondary N) is 2. The van der Waals surface area contributed by atoms with Crippen molar-refractivity contribution in [1.82, 2.24) is 10.2 Å². The minimum Gasteiger partial charge on any atom is -0.473 e. The predicted molar refractivity (Wildman–Crippen MR) is 104 cm³/mol. The Morgan fingerprint density at radius 2 is 2.00 bits per heavy atom. The highest BCUT2D eigenvalue weighted by atomic mass is 16.5. The summed E-state index contributed by atoms with van der Waals surface area (Å²) in [6, 6.07) is 7.55. The summed E-state index contributed by atoms with van der Waals surface area (Å²) in [6.45, 7) is 3.97. The molecule has 8 heteroatoms. The highest BCUT2D eigenvalue weighted by Gasteiger charge is 2.32. The van der Waals surface area contributed by atoms with E-state index in [-0.39, 0.29) is 18.5 Å². The zero-order chi connectivity index (χ0) is 19.2. The Morgan fingerprint density at radius 1 is 1.30 bits per heavy atom. The van der Waals surface area contributed by atoms with Gasteiger partial charge in [0.15, 0.2) is 6.23 Å². The largest absolute Gasteiger partial charge is 0.473 e. The maximum absolute atomic E-state index is 12.5. The summed E-state index contributed by atoms with van der Waals surface area (Å²) < 4.78 is 5.46. The van der Waals surface area contributed by atoms with E-state index in [2.05, 4.69) is 15.5 Å². The van der Waals surface area contributed by atoms with E-state index >= 15 is 0 Å². The summed E-state index contributed by atoms with van der Waals surface area (Å²) in [5, 5.41) is 5.42. The molecule has 2 aliphatic rings. The van der Waals surface area contributed by atoms with Gasteiger partial charge in [-0.05, 0) is 50.5 Å². The number of carbonyl (C=O) groups is 2. The number of piperidine rings is 1. The minimum atomic E-state index is -0.500. The van der Waals surface area contributed by atoms with Gasteiger partial charge in [-0.3, -0.25) is 9.59 Å². The van der Waals surface area contributed by atoms with E-state index < -0.39 is 6.23 Å². The smallest absolute Gasteiger partial charge is 0.244 e. The molecule has 1 fully saturated rings. The maximum atomic E-state index is 12.5. The molecule has 3 rings (SSSR count). The molecule has 2 heterocycles. The van der Waals surface area contributed by atoms with E-state index in [4.69, 9.17) is 10.5 Å². The van der Waals surface area contributed by atoms with Crippen LogP contribution in [0.2, 0.25) is 0 Å². The van der Waals surface area contributed by atoms with Gasteiger partial charge in [-0.1, -0.05) is 0 Å². The van der Waals surface area contributed by atoms with Crippen molar-refractivity contribution in [2.75, 3.05) is 29.9 Å². The molecule has 0 bridgehead atoms. The number of rotatable bonds is 7. The summed E-state index contributed by atoms with van der Waals surface area (Å²) in [4.78, 5) is 27.2. The first-order valence-corrected chi connectivity index (χ1v) is 9.31. The average molecular weight is 373 g/mol. The van der Waals surface area contributed by atoms with Gasteiger partial charge in [0.2, 0.25) is 12.3 Å². The minimum absolute atomic E-state index is 0.0206. The highest BCUT2D eigenvalue weighted by molar-refractivity contribution is 5.92. The fraction of sp³-hybridized carbons (Fsp3) is 0.474. The fourth-order valence-corrected chi connectivity index (χ4v) is 3.44. The molecule has 2 amide bonds. The second-order valence-electron chi connectivity index (χ2n) is 6.92. The van der Waals surface area contributed by atoms with Crippen molar-refractivity contribution >= 4 is 23.7 Å². The zero-order valence-electron chi connectivity index (χ0n) is 15.6. The summed E-state index contributed by atoms with van der Waals surface area (Å²) in [6.07, 6.45) is 5.19. The van der Waals surface area contributed by atoms with Crippen LogP contribution in [0.25, 0.3) is 0 Å². The number of benzene rings is 1. The van der Waals surface area contributed by atoms with E-state index in [0.29, 0.717) is 12.2 Å². The molecule has 0 aromatic heterocycles. The van der Waals surface area contributed by atoms with E-state index in [0.717, 1.165) is 18.8 Å². The molecule has 0 saturated carbocycles. The lowest BCUT2D eigenvalue weighted by Crippen LogP contribution is -2.48. The Hall–Kier alpha value is -2.74. The Kier molecular flexibility index (Phi) is 6.18. The van der Waals surface area contributed by atoms with Crippen LogP contribution in [0.15, 0.2) is 36.3 Å². The van der Waals surface area contributed by atoms with Crippen molar-refractivity contribution in [2.24, 2.45) is 5.73 Å². The monoisotopic (exact) mass is 373 g/mol. The van der Waals surface area contributed by atoms with Crippen molar-refractivity contribution in [2.45, 2.75) is 38.5 Å². The second kappa shape index (κ2) is 8.77. The highest BCUT2D eigenvalue weighted by Crippen LogP contribution is 2.22. The molecule has 0 aliphatic carbocycles. The third-order valence-corrected chi connectivity index (χ3v) is 4.78. The van der Waals surface area contributed by atoms with Crippen LogP contribution in [0.4, 0.5) is 11.4 Å². The van der Waals surface area contributed by atoms with Crippen molar-refractivity contribution in [3.63, 3.8) is 0 Å². The van der Waals surface area contributed by atoms with Gasteiger partial charge in [0.1, 0.15) is 18.6 Å². The van der Waals surface area contributed by atoms with Gasteiger partial charge in [0, 0.05) is 24.5 Å². The molecule has 0 spiro atoms. The molecule has 1 aromatic carbocycles. The van der Waals surface area contributed by atoms with Crippen molar-refractivity contribution in [1.29, 1.82) is 0 Å². The molecule has 2 atom stereocenters. The summed E-state index contributed by atoms with van der Waals surface area (Å²) in [7, 11) is 0. The molecule has 27 heavy (non-hydrogen) atoms. The normalized spacial score (nSPS) is 20.5. The number of ether oxygens (including phenoxy) is 1. The van der Waals surface area contributed by atoms with Crippen molar-refractivity contribution in [3.8, 4) is 0 Å². The Labute approximate surface area is 159 Å². The first kappa shape index (κ1) is 19.0. The first-order valence-electron chi connectivity index (χ1n) is 9.31. The van der Waals surface area contributed by atoms with Crippen molar-refractivity contribution in [3.05, 3.63) is 36.3 Å². The lowest BCUT2D eigenvalue weighted by atomic mass is 10.1. The molecule has 1 unspecified atom stereocenters. The van der Waals surface area contributed by atoms with Crippen molar-refractivity contribution < 1.29 is 14.3 Å². The molecule has 2 aliphatic heterocycles. The molecule has 1 aromatic rings. The molecule has 0 radical (unpaired) electrons. The van der Waals surface area contributed by atoms with Crippen LogP contribution in [-0.4, -0.2) is 49.1 Å². The average Bonchev–Trinajstić information content (AvgIpc) is 3.06. The number of hydrogen-bond donors (Lipinski definition) is 3. The molecule has 4 N–H and O–H groups in total. The van der Waals surface area contributed by atoms with E-state index in [9.17, 15) is 9.59 Å². The van der Waals surface area contributed by atoms with Crippen LogP contribution >= 0.6 is 0 Å². The number of anilines is 2. The van der Waals surface area contributed by atoms with Gasteiger partial charge in [-0.25, -0.2) is 0 Å². The summed E-state index contributed by atoms with van der Waals surface area (Å²) in [5.74, 6) is 0.207. The van der Waals surface area contributed by atoms with E-state index in [1.165, 1.54) is 31.2 Å². The standard InChI is InChI=1S/C19H27N5O3/c1-14(20)19-24(17(12-27-19)21-13-25)11-18(26)22-15-5-7-16(8-6-15)23-9-3-2-4-10-23/h5-8,12-14,19H,2-4,9-11,20H2,1H3,(H,21,25)(H,22,26)/t14-,19?/m0/s1. The van der Waals surface area contributed by atoms with Gasteiger partial charge in [0.25, 0.3) is 0 Å². The fourth-order valence-electron chi connectivity index (χ4n) is 3.44. The number of carbonyl (C=O) groups excluding carboxylic acids is 2. The lowest BCUT2D eigenvalue weighted by molar-refractivity contribution is -0.119. The molecule has 146 valence electrons. The van der Waals surface area contributed by atoms with Crippen LogP contribution in [0.3, 0.4) is 0 Å². The number of hydrogen-bond acceptors (Lipinski definition) is 6. The number of nitrogens with zero attached hydrogens (tertiary/aromatic N) is 2. The Balaban J connectivity index is 1.59. The van der Waals surface area contributed by atoms with Gasteiger partial charge in [0.05, 0.1) is 6.04 Å². The zero-order valence-corrected chi connectivity index (χ0v) is 15.6. The van der Waals surface area contributed by atoms with Crippen LogP contribution in [-0.2, 0) is 14.3 Å². The molecule has 1 saturated heterocycles. The Bertz CT molecular complexity index is 683. The van der Waals surface area contributed by atoms with E-state index in [1.807, 2.05) is 24.3 Å². The second-order valence-corrected chi connectivity index (χ2v) is 6.92. The number of amides is 2. The molecular formula is C19H27N5O3. The van der Waals surface area contributed by atoms with Gasteiger partial charge < -0.3 is 30.9 Å². The third kappa shape index (κ3) is 4.71. The SMILES string of the molecule is C[C@H](N)C1OC=C(NC=O)N1CC(=O)Nc1ccc(N2CCCCC2)cc1. The van der Waals surface area contributed by atoms with E-state index in [1.54, 1.807) is 11.8 Å². The van der Waals surface area contributed by atoms with Crippen LogP contribution in [0, 0.1) is 0 Å². The van der Waals surface area contributed by atoms with Crippen LogP contribution in [0.5, 0.6) is 0 Å². The summed E-state index contributed by atoms with van der Waals surface area (Å²) in [5.41, 5.74) is 7.82. The Morgan fingerprint density at radius 3 is 2.63 bits per heavy atom. The van der Waals surface area contributed by atoms with Gasteiger partial charge in [-0.2, -0.15) is 0 Å². The number of nitrogens with two attached hydrogens (primary N) is 1. The quantitative estimate of drug-likeness (QED) is 0.621. The molecular weight excluding hydrogens is 346 g/mol. The van der Waals surface area contributed by atoms with Gasteiger partial charge in [-0.15, -0.1) is 0 Å². The van der Waals surface area contributed by atoms with Crippen LogP contribution in [0.1, 0.15) is 26.2 Å². The predicted octanol–water partition coefficient (Wildman–Crippen LogP) is 1.17. The molecule has 8 nitrogen and oxygen atoms in total. The van der Waals surface area contributed by atoms with Gasteiger partial charge >= 0.3 is 0 Å². The maximum Gasteiger partial charge on any atom is 0.244 e. The third-order valence-electron chi connectivity index (χ3n) is 4.78. The first-order chi connectivity index (χ1) is 13.1. The topological polar surface area (TPSA) is 99.9 Å². The summed E-state index contributed by atoms with van der Waals surface area (Å²) >= 11 is 0. The lowest BCUT2D eigenvalue weighted by Gasteiger charge is -2.29.